The van der Waals surface area contributed by atoms with Crippen LogP contribution >= 0.6 is 0 Å². The lowest BCUT2D eigenvalue weighted by Crippen LogP contribution is -2.38. The molecule has 0 aromatic heterocycles. The van der Waals surface area contributed by atoms with Crippen molar-refractivity contribution in [3.63, 3.8) is 0 Å². The highest BCUT2D eigenvalue weighted by molar-refractivity contribution is 5.22. The Morgan fingerprint density at radius 1 is 1.04 bits per heavy atom. The minimum absolute atomic E-state index is 0.0328. The maximum atomic E-state index is 9.47. The van der Waals surface area contributed by atoms with E-state index >= 15 is 0 Å². The third-order valence-corrected chi connectivity index (χ3v) is 4.69. The van der Waals surface area contributed by atoms with Crippen molar-refractivity contribution in [3.8, 4) is 6.07 Å². The van der Waals surface area contributed by atoms with Crippen molar-refractivity contribution >= 4 is 0 Å². The summed E-state index contributed by atoms with van der Waals surface area (Å²) in [7, 11) is 0. The molecule has 0 amide bonds. The van der Waals surface area contributed by atoms with Crippen LogP contribution in [0.4, 0.5) is 0 Å². The van der Waals surface area contributed by atoms with E-state index in [1.54, 1.807) is 0 Å². The molecule has 0 aliphatic carbocycles. The molecule has 3 atom stereocenters. The van der Waals surface area contributed by atoms with Gasteiger partial charge in [0.1, 0.15) is 12.1 Å². The van der Waals surface area contributed by atoms with Crippen LogP contribution in [0.1, 0.15) is 17.2 Å². The number of hydrogen-bond donors (Lipinski definition) is 0. The lowest BCUT2D eigenvalue weighted by atomic mass is 10.1. The average Bonchev–Trinajstić information content (AvgIpc) is 3.18. The van der Waals surface area contributed by atoms with Crippen LogP contribution in [0.2, 0.25) is 0 Å². The average molecular weight is 305 g/mol. The van der Waals surface area contributed by atoms with Crippen LogP contribution in [-0.4, -0.2) is 29.3 Å². The molecule has 2 aliphatic rings. The molecule has 2 heterocycles. The Morgan fingerprint density at radius 2 is 1.74 bits per heavy atom. The second kappa shape index (κ2) is 6.13. The van der Waals surface area contributed by atoms with Crippen LogP contribution in [0.25, 0.3) is 0 Å². The van der Waals surface area contributed by atoms with Crippen molar-refractivity contribution in [1.82, 2.24) is 9.96 Å². The van der Waals surface area contributed by atoms with Gasteiger partial charge in [0.25, 0.3) is 0 Å². The summed E-state index contributed by atoms with van der Waals surface area (Å²) in [6.07, 6.45) is 0.0328. The molecule has 2 aliphatic heterocycles. The SMILES string of the molecule is N#C[C@@H]1CON2[C@H]1N(Cc1ccccc1)C[C@H]2c1ccccc1. The van der Waals surface area contributed by atoms with Crippen molar-refractivity contribution in [2.24, 2.45) is 5.92 Å². The molecule has 4 heteroatoms. The number of benzene rings is 2. The van der Waals surface area contributed by atoms with Crippen molar-refractivity contribution in [2.75, 3.05) is 13.2 Å². The first-order valence-corrected chi connectivity index (χ1v) is 8.00. The third kappa shape index (κ3) is 2.64. The minimum Gasteiger partial charge on any atom is -0.295 e. The molecule has 0 saturated carbocycles. The van der Waals surface area contributed by atoms with Crippen LogP contribution < -0.4 is 0 Å². The van der Waals surface area contributed by atoms with Crippen LogP contribution in [-0.2, 0) is 11.4 Å². The molecule has 2 fully saturated rings. The number of fused-ring (bicyclic) bond motifs is 1. The first-order valence-electron chi connectivity index (χ1n) is 8.00. The third-order valence-electron chi connectivity index (χ3n) is 4.69. The quantitative estimate of drug-likeness (QED) is 0.874. The lowest BCUT2D eigenvalue weighted by molar-refractivity contribution is -0.150. The van der Waals surface area contributed by atoms with Gasteiger partial charge in [-0.2, -0.15) is 10.3 Å². The normalized spacial score (nSPS) is 27.7. The molecule has 2 saturated heterocycles. The fraction of sp³-hybridized carbons (Fsp3) is 0.316. The molecular formula is C19H19N3O. The zero-order chi connectivity index (χ0) is 15.6. The number of rotatable bonds is 3. The van der Waals surface area contributed by atoms with Gasteiger partial charge in [-0.15, -0.1) is 0 Å². The lowest BCUT2D eigenvalue weighted by Gasteiger charge is -2.24. The van der Waals surface area contributed by atoms with Crippen molar-refractivity contribution in [3.05, 3.63) is 71.8 Å². The van der Waals surface area contributed by atoms with Gasteiger partial charge in [-0.1, -0.05) is 60.7 Å². The smallest absolute Gasteiger partial charge is 0.106 e. The van der Waals surface area contributed by atoms with Crippen molar-refractivity contribution in [2.45, 2.75) is 18.8 Å². The zero-order valence-electron chi connectivity index (χ0n) is 12.9. The van der Waals surface area contributed by atoms with Gasteiger partial charge in [0.15, 0.2) is 0 Å². The molecule has 4 rings (SSSR count). The van der Waals surface area contributed by atoms with Gasteiger partial charge in [-0.3, -0.25) is 9.74 Å². The largest absolute Gasteiger partial charge is 0.295 e. The maximum absolute atomic E-state index is 9.47. The summed E-state index contributed by atoms with van der Waals surface area (Å²) < 4.78 is 0. The van der Waals surface area contributed by atoms with Crippen LogP contribution in [0.3, 0.4) is 0 Å². The predicted octanol–water partition coefficient (Wildman–Crippen LogP) is 2.96. The van der Waals surface area contributed by atoms with E-state index in [1.807, 2.05) is 17.2 Å². The molecule has 116 valence electrons. The summed E-state index contributed by atoms with van der Waals surface area (Å²) in [5, 5.41) is 11.5. The van der Waals surface area contributed by atoms with E-state index in [4.69, 9.17) is 4.84 Å². The second-order valence-corrected chi connectivity index (χ2v) is 6.15. The molecule has 0 unspecified atom stereocenters. The molecule has 23 heavy (non-hydrogen) atoms. The van der Waals surface area contributed by atoms with Crippen molar-refractivity contribution < 1.29 is 4.84 Å². The fourth-order valence-electron chi connectivity index (χ4n) is 3.61. The van der Waals surface area contributed by atoms with Gasteiger partial charge >= 0.3 is 0 Å². The van der Waals surface area contributed by atoms with Gasteiger partial charge in [0.2, 0.25) is 0 Å². The van der Waals surface area contributed by atoms with Crippen molar-refractivity contribution in [1.29, 1.82) is 5.26 Å². The molecule has 2 aromatic carbocycles. The molecule has 2 aromatic rings. The Hall–Kier alpha value is -2.19. The van der Waals surface area contributed by atoms with Gasteiger partial charge in [0, 0.05) is 13.1 Å². The molecule has 4 nitrogen and oxygen atoms in total. The molecule has 0 bridgehead atoms. The fourth-order valence-corrected chi connectivity index (χ4v) is 3.61. The van der Waals surface area contributed by atoms with Crippen LogP contribution in [0.15, 0.2) is 60.7 Å². The summed E-state index contributed by atoms with van der Waals surface area (Å²) in [6, 6.07) is 23.4. The Balaban J connectivity index is 1.62. The van der Waals surface area contributed by atoms with Gasteiger partial charge in [0.05, 0.1) is 18.7 Å². The monoisotopic (exact) mass is 305 g/mol. The summed E-state index contributed by atoms with van der Waals surface area (Å²) in [4.78, 5) is 8.25. The van der Waals surface area contributed by atoms with E-state index in [1.165, 1.54) is 11.1 Å². The highest BCUT2D eigenvalue weighted by Crippen LogP contribution is 2.40. The highest BCUT2D eigenvalue weighted by atomic mass is 16.7. The van der Waals surface area contributed by atoms with E-state index in [0.29, 0.717) is 6.61 Å². The predicted molar refractivity (Wildman–Crippen MR) is 86.7 cm³/mol. The number of nitriles is 1. The number of hydroxylamine groups is 2. The van der Waals surface area contributed by atoms with E-state index in [-0.39, 0.29) is 18.1 Å². The highest BCUT2D eigenvalue weighted by Gasteiger charge is 2.49. The summed E-state index contributed by atoms with van der Waals surface area (Å²) in [5.41, 5.74) is 2.51. The van der Waals surface area contributed by atoms with E-state index in [0.717, 1.165) is 13.1 Å². The molecule has 0 radical (unpaired) electrons. The Labute approximate surface area is 136 Å². The van der Waals surface area contributed by atoms with Crippen LogP contribution in [0.5, 0.6) is 0 Å². The van der Waals surface area contributed by atoms with E-state index in [9.17, 15) is 5.26 Å². The Kier molecular flexibility index (Phi) is 3.84. The summed E-state index contributed by atoms with van der Waals surface area (Å²) in [5.74, 6) is -0.104. The number of hydrogen-bond acceptors (Lipinski definition) is 4. The maximum Gasteiger partial charge on any atom is 0.106 e. The standard InChI is InChI=1S/C19H19N3O/c20-11-17-14-23-22-18(16-9-5-2-6-10-16)13-21(19(17)22)12-15-7-3-1-4-8-15/h1-10,17-19H,12-14H2/t17-,18+,19-/m1/s1. The topological polar surface area (TPSA) is 39.5 Å². The first-order chi connectivity index (χ1) is 11.4. The summed E-state index contributed by atoms with van der Waals surface area (Å²) >= 11 is 0. The number of nitrogens with zero attached hydrogens (tertiary/aromatic N) is 3. The molecule has 0 spiro atoms. The van der Waals surface area contributed by atoms with Crippen LogP contribution in [0, 0.1) is 17.2 Å². The van der Waals surface area contributed by atoms with E-state index in [2.05, 4.69) is 59.5 Å². The van der Waals surface area contributed by atoms with Gasteiger partial charge in [-0.25, -0.2) is 0 Å². The Morgan fingerprint density at radius 3 is 2.43 bits per heavy atom. The van der Waals surface area contributed by atoms with Gasteiger partial charge in [-0.05, 0) is 11.1 Å². The minimum atomic E-state index is -0.104. The molecule has 0 N–H and O–H groups in total. The Bertz CT molecular complexity index is 698. The summed E-state index contributed by atoms with van der Waals surface area (Å²) in [6.45, 7) is 2.20. The first kappa shape index (κ1) is 14.4. The zero-order valence-corrected chi connectivity index (χ0v) is 12.9. The van der Waals surface area contributed by atoms with E-state index < -0.39 is 0 Å². The van der Waals surface area contributed by atoms with Gasteiger partial charge < -0.3 is 0 Å². The molecular weight excluding hydrogens is 286 g/mol. The second-order valence-electron chi connectivity index (χ2n) is 6.15.